The number of nitrogens with two attached hydrogens (primary N) is 2. The van der Waals surface area contributed by atoms with Gasteiger partial charge in [-0.05, 0) is 37.3 Å². The normalized spacial score (nSPS) is 9.30. The van der Waals surface area contributed by atoms with Gasteiger partial charge in [0, 0.05) is 0 Å². The maximum absolute atomic E-state index is 5.12. The summed E-state index contributed by atoms with van der Waals surface area (Å²) in [4.78, 5) is 0. The summed E-state index contributed by atoms with van der Waals surface area (Å²) in [6.45, 7) is 5.70. The summed E-state index contributed by atoms with van der Waals surface area (Å²) in [7, 11) is 0. The predicted molar refractivity (Wildman–Crippen MR) is 93.8 cm³/mol. The van der Waals surface area contributed by atoms with Crippen LogP contribution in [0.15, 0.2) is 0 Å². The van der Waals surface area contributed by atoms with Gasteiger partial charge in [0.15, 0.2) is 0 Å². The highest BCUT2D eigenvalue weighted by Gasteiger charge is 1.89. The second kappa shape index (κ2) is 18.4. The molecule has 0 amide bonds. The first-order valence-electron chi connectivity index (χ1n) is 7.39. The maximum Gasteiger partial charge on any atom is 0.253 e. The van der Waals surface area contributed by atoms with E-state index in [-0.39, 0.29) is 10.3 Å². The third kappa shape index (κ3) is 26.0. The number of hydrogen-bond acceptors (Lipinski definition) is 4. The van der Waals surface area contributed by atoms with Crippen LogP contribution in [0.1, 0.15) is 65.2 Å². The molecule has 6 heteroatoms. The van der Waals surface area contributed by atoms with Crippen LogP contribution in [0.2, 0.25) is 0 Å². The quantitative estimate of drug-likeness (QED) is 0.472. The molecule has 0 radical (unpaired) electrons. The van der Waals surface area contributed by atoms with Gasteiger partial charge < -0.3 is 20.9 Å². The van der Waals surface area contributed by atoms with Crippen molar-refractivity contribution >= 4 is 34.8 Å². The van der Waals surface area contributed by atoms with E-state index in [2.05, 4.69) is 38.3 Å². The van der Waals surface area contributed by atoms with E-state index in [1.54, 1.807) is 0 Å². The Morgan fingerprint density at radius 1 is 0.700 bits per heavy atom. The average molecular weight is 323 g/mol. The van der Waals surface area contributed by atoms with Crippen LogP contribution in [-0.4, -0.2) is 23.6 Å². The first-order valence-corrected chi connectivity index (χ1v) is 8.20. The topological polar surface area (TPSA) is 70.5 Å². The zero-order valence-electron chi connectivity index (χ0n) is 12.9. The van der Waals surface area contributed by atoms with Crippen LogP contribution in [0.4, 0.5) is 0 Å². The van der Waals surface area contributed by atoms with Crippen molar-refractivity contribution in [2.45, 2.75) is 65.2 Å². The summed E-state index contributed by atoms with van der Waals surface area (Å²) in [6, 6.07) is 0. The van der Waals surface area contributed by atoms with Crippen molar-refractivity contribution in [2.24, 2.45) is 11.5 Å². The molecule has 0 fully saturated rings. The van der Waals surface area contributed by atoms with E-state index in [0.717, 1.165) is 12.8 Å². The van der Waals surface area contributed by atoms with E-state index in [1.165, 1.54) is 38.5 Å². The Morgan fingerprint density at radius 2 is 1.05 bits per heavy atom. The molecule has 4 N–H and O–H groups in total. The Kier molecular flexibility index (Phi) is 19.9. The van der Waals surface area contributed by atoms with E-state index < -0.39 is 0 Å². The zero-order valence-corrected chi connectivity index (χ0v) is 14.5. The summed E-state index contributed by atoms with van der Waals surface area (Å²) < 4.78 is 9.80. The lowest BCUT2D eigenvalue weighted by Crippen LogP contribution is -2.13. The fourth-order valence-corrected chi connectivity index (χ4v) is 1.57. The minimum atomic E-state index is 0.163. The predicted octanol–water partition coefficient (Wildman–Crippen LogP) is 3.65. The maximum atomic E-state index is 5.12. The Labute approximate surface area is 134 Å². The van der Waals surface area contributed by atoms with E-state index >= 15 is 0 Å². The van der Waals surface area contributed by atoms with Gasteiger partial charge in [0.2, 0.25) is 0 Å². The van der Waals surface area contributed by atoms with Gasteiger partial charge in [-0.25, -0.2) is 0 Å². The van der Waals surface area contributed by atoms with Crippen molar-refractivity contribution in [3.8, 4) is 0 Å². The molecule has 0 aromatic rings. The summed E-state index contributed by atoms with van der Waals surface area (Å²) in [5.74, 6) is 0. The van der Waals surface area contributed by atoms with Crippen molar-refractivity contribution in [3.63, 3.8) is 0 Å². The molecule has 0 saturated heterocycles. The third-order valence-corrected chi connectivity index (χ3v) is 2.72. The van der Waals surface area contributed by atoms with Crippen molar-refractivity contribution < 1.29 is 9.47 Å². The van der Waals surface area contributed by atoms with Crippen molar-refractivity contribution in [3.05, 3.63) is 0 Å². The van der Waals surface area contributed by atoms with Gasteiger partial charge >= 0.3 is 0 Å². The summed E-state index contributed by atoms with van der Waals surface area (Å²) in [6.07, 6.45) is 9.55. The first-order chi connectivity index (χ1) is 9.54. The van der Waals surface area contributed by atoms with Crippen molar-refractivity contribution in [2.75, 3.05) is 13.2 Å². The summed E-state index contributed by atoms with van der Waals surface area (Å²) in [5.41, 5.74) is 10.2. The SMILES string of the molecule is CCCCCCOC(N)=S.CCCCCCOC(N)=S. The highest BCUT2D eigenvalue weighted by Crippen LogP contribution is 1.99. The summed E-state index contributed by atoms with van der Waals surface area (Å²) in [5, 5.41) is 0.327. The van der Waals surface area contributed by atoms with E-state index in [4.69, 9.17) is 20.9 Å². The molecule has 20 heavy (non-hydrogen) atoms. The van der Waals surface area contributed by atoms with E-state index in [9.17, 15) is 0 Å². The molecule has 120 valence electrons. The van der Waals surface area contributed by atoms with Crippen LogP contribution in [0.5, 0.6) is 0 Å². The number of hydrogen-bond donors (Lipinski definition) is 2. The highest BCUT2D eigenvalue weighted by atomic mass is 32.1. The Bertz CT molecular complexity index is 215. The smallest absolute Gasteiger partial charge is 0.253 e. The average Bonchev–Trinajstić information content (AvgIpc) is 2.38. The molecule has 0 rings (SSSR count). The molecule has 0 aromatic heterocycles. The van der Waals surface area contributed by atoms with Gasteiger partial charge in [-0.2, -0.15) is 0 Å². The highest BCUT2D eigenvalue weighted by molar-refractivity contribution is 7.80. The monoisotopic (exact) mass is 322 g/mol. The molecular formula is C14H30N2O2S2. The van der Waals surface area contributed by atoms with Crippen molar-refractivity contribution in [1.29, 1.82) is 0 Å². The van der Waals surface area contributed by atoms with Gasteiger partial charge in [-0.15, -0.1) is 0 Å². The Morgan fingerprint density at radius 3 is 1.30 bits per heavy atom. The van der Waals surface area contributed by atoms with E-state index in [1.807, 2.05) is 0 Å². The first kappa shape index (κ1) is 21.7. The van der Waals surface area contributed by atoms with Gasteiger partial charge in [-0.1, -0.05) is 52.4 Å². The summed E-state index contributed by atoms with van der Waals surface area (Å²) >= 11 is 9.06. The molecule has 0 bridgehead atoms. The number of unbranched alkanes of at least 4 members (excludes halogenated alkanes) is 6. The zero-order chi connectivity index (χ0) is 15.6. The van der Waals surface area contributed by atoms with Crippen LogP contribution in [0, 0.1) is 0 Å². The lowest BCUT2D eigenvalue weighted by atomic mass is 10.2. The molecule has 0 atom stereocenters. The lowest BCUT2D eigenvalue weighted by molar-refractivity contribution is 0.296. The third-order valence-electron chi connectivity index (χ3n) is 2.48. The second-order valence-electron chi connectivity index (χ2n) is 4.46. The molecule has 0 spiro atoms. The van der Waals surface area contributed by atoms with Gasteiger partial charge in [-0.3, -0.25) is 0 Å². The molecule has 0 unspecified atom stereocenters. The molecular weight excluding hydrogens is 292 g/mol. The molecule has 4 nitrogen and oxygen atoms in total. The van der Waals surface area contributed by atoms with Crippen LogP contribution in [0.25, 0.3) is 0 Å². The van der Waals surface area contributed by atoms with Crippen LogP contribution < -0.4 is 11.5 Å². The Hall–Kier alpha value is -0.620. The van der Waals surface area contributed by atoms with Crippen LogP contribution in [-0.2, 0) is 9.47 Å². The van der Waals surface area contributed by atoms with Gasteiger partial charge in [0.25, 0.3) is 10.3 Å². The molecule has 0 aliphatic rings. The van der Waals surface area contributed by atoms with Crippen molar-refractivity contribution in [1.82, 2.24) is 0 Å². The van der Waals surface area contributed by atoms with Crippen LogP contribution >= 0.6 is 24.4 Å². The minimum Gasteiger partial charge on any atom is -0.471 e. The number of thiocarbonyl (C=S) groups is 2. The Balaban J connectivity index is 0. The molecule has 0 saturated carbocycles. The minimum absolute atomic E-state index is 0.163. The second-order valence-corrected chi connectivity index (χ2v) is 5.26. The fourth-order valence-electron chi connectivity index (χ4n) is 1.40. The molecule has 0 aromatic carbocycles. The molecule has 0 aliphatic carbocycles. The fraction of sp³-hybridized carbons (Fsp3) is 0.857. The number of ether oxygens (including phenoxy) is 2. The lowest BCUT2D eigenvalue weighted by Gasteiger charge is -2.01. The standard InChI is InChI=1S/2C7H15NOS/c2*1-2-3-4-5-6-9-7(8)10/h2*2-6H2,1H3,(H2,8,10). The van der Waals surface area contributed by atoms with Gasteiger partial charge in [0.1, 0.15) is 0 Å². The van der Waals surface area contributed by atoms with E-state index in [0.29, 0.717) is 13.2 Å². The molecule has 0 heterocycles. The van der Waals surface area contributed by atoms with Crippen LogP contribution in [0.3, 0.4) is 0 Å². The largest absolute Gasteiger partial charge is 0.471 e. The van der Waals surface area contributed by atoms with Gasteiger partial charge in [0.05, 0.1) is 13.2 Å². The molecule has 0 aliphatic heterocycles. The number of rotatable bonds is 10.